The lowest BCUT2D eigenvalue weighted by Gasteiger charge is -2.07. The lowest BCUT2D eigenvalue weighted by atomic mass is 10.3. The van der Waals surface area contributed by atoms with Gasteiger partial charge in [-0.3, -0.25) is 4.79 Å². The van der Waals surface area contributed by atoms with Gasteiger partial charge in [0.1, 0.15) is 5.69 Å². The number of carbonyl (C=O) groups is 1. The summed E-state index contributed by atoms with van der Waals surface area (Å²) in [6.07, 6.45) is -1.73. The second kappa shape index (κ2) is 3.77. The molecule has 1 aromatic rings. The zero-order valence-electron chi connectivity index (χ0n) is 8.21. The third kappa shape index (κ3) is 2.50. The highest BCUT2D eigenvalue weighted by Gasteiger charge is 2.32. The lowest BCUT2D eigenvalue weighted by Crippen LogP contribution is -2.14. The van der Waals surface area contributed by atoms with E-state index in [9.17, 15) is 18.0 Å². The van der Waals surface area contributed by atoms with E-state index in [-0.39, 0.29) is 11.8 Å². The molecule has 16 heavy (non-hydrogen) atoms. The highest BCUT2D eigenvalue weighted by Crippen LogP contribution is 2.31. The Kier molecular flexibility index (Phi) is 2.57. The standard InChI is InChI=1S/C10H9F3N2O/c11-10(12,13)8-4-3-7(5-14-8)15-9(16)6-1-2-6/h3-6H,1-2H2,(H,15,16). The van der Waals surface area contributed by atoms with Gasteiger partial charge in [0.05, 0.1) is 11.9 Å². The molecular weight excluding hydrogens is 221 g/mol. The number of anilines is 1. The monoisotopic (exact) mass is 230 g/mol. The Balaban J connectivity index is 2.04. The van der Waals surface area contributed by atoms with Crippen molar-refractivity contribution in [2.45, 2.75) is 19.0 Å². The van der Waals surface area contributed by atoms with Crippen LogP contribution in [0.2, 0.25) is 0 Å². The fourth-order valence-electron chi connectivity index (χ4n) is 1.23. The topological polar surface area (TPSA) is 42.0 Å². The number of hydrogen-bond acceptors (Lipinski definition) is 2. The van der Waals surface area contributed by atoms with Gasteiger partial charge in [0.2, 0.25) is 5.91 Å². The summed E-state index contributed by atoms with van der Waals surface area (Å²) < 4.78 is 36.5. The molecule has 1 aromatic heterocycles. The number of nitrogens with one attached hydrogen (secondary N) is 1. The normalized spacial score (nSPS) is 15.9. The smallest absolute Gasteiger partial charge is 0.324 e. The number of carbonyl (C=O) groups excluding carboxylic acids is 1. The van der Waals surface area contributed by atoms with E-state index in [1.165, 1.54) is 6.07 Å². The maximum Gasteiger partial charge on any atom is 0.433 e. The Labute approximate surface area is 89.7 Å². The molecule has 0 unspecified atom stereocenters. The summed E-state index contributed by atoms with van der Waals surface area (Å²) in [5.74, 6) is -0.135. The second-order valence-electron chi connectivity index (χ2n) is 3.69. The van der Waals surface area contributed by atoms with Crippen molar-refractivity contribution in [2.24, 2.45) is 5.92 Å². The Morgan fingerprint density at radius 2 is 2.06 bits per heavy atom. The minimum absolute atomic E-state index is 0.0160. The van der Waals surface area contributed by atoms with Gasteiger partial charge in [0.15, 0.2) is 0 Å². The molecular formula is C10H9F3N2O. The van der Waals surface area contributed by atoms with Crippen molar-refractivity contribution in [1.82, 2.24) is 4.98 Å². The minimum atomic E-state index is -4.45. The highest BCUT2D eigenvalue weighted by atomic mass is 19.4. The third-order valence-electron chi connectivity index (χ3n) is 2.27. The van der Waals surface area contributed by atoms with Gasteiger partial charge in [0, 0.05) is 5.92 Å². The Bertz CT molecular complexity index is 396. The van der Waals surface area contributed by atoms with Crippen molar-refractivity contribution in [3.8, 4) is 0 Å². The third-order valence-corrected chi connectivity index (χ3v) is 2.27. The Morgan fingerprint density at radius 3 is 2.50 bits per heavy atom. The van der Waals surface area contributed by atoms with E-state index in [4.69, 9.17) is 0 Å². The molecule has 2 rings (SSSR count). The van der Waals surface area contributed by atoms with Crippen LogP contribution in [0.4, 0.5) is 18.9 Å². The van der Waals surface area contributed by atoms with Crippen molar-refractivity contribution < 1.29 is 18.0 Å². The molecule has 1 amide bonds. The van der Waals surface area contributed by atoms with Crippen LogP contribution in [-0.4, -0.2) is 10.9 Å². The molecule has 3 nitrogen and oxygen atoms in total. The van der Waals surface area contributed by atoms with Crippen LogP contribution in [0.25, 0.3) is 0 Å². The molecule has 1 aliphatic rings. The second-order valence-corrected chi connectivity index (χ2v) is 3.69. The Hall–Kier alpha value is -1.59. The van der Waals surface area contributed by atoms with Crippen molar-refractivity contribution in [3.63, 3.8) is 0 Å². The van der Waals surface area contributed by atoms with E-state index in [1.54, 1.807) is 0 Å². The minimum Gasteiger partial charge on any atom is -0.324 e. The first-order valence-electron chi connectivity index (χ1n) is 4.81. The molecule has 1 aliphatic carbocycles. The quantitative estimate of drug-likeness (QED) is 0.847. The van der Waals surface area contributed by atoms with Crippen molar-refractivity contribution >= 4 is 11.6 Å². The van der Waals surface area contributed by atoms with Crippen LogP contribution in [0.5, 0.6) is 0 Å². The number of amides is 1. The van der Waals surface area contributed by atoms with E-state index in [1.807, 2.05) is 0 Å². The molecule has 0 saturated heterocycles. The van der Waals surface area contributed by atoms with Crippen LogP contribution in [0.1, 0.15) is 18.5 Å². The maximum atomic E-state index is 12.2. The van der Waals surface area contributed by atoms with Crippen molar-refractivity contribution in [2.75, 3.05) is 5.32 Å². The summed E-state index contributed by atoms with van der Waals surface area (Å²) in [4.78, 5) is 14.5. The molecule has 86 valence electrons. The van der Waals surface area contributed by atoms with Gasteiger partial charge in [-0.05, 0) is 25.0 Å². The van der Waals surface area contributed by atoms with Crippen LogP contribution >= 0.6 is 0 Å². The molecule has 1 heterocycles. The van der Waals surface area contributed by atoms with Crippen LogP contribution in [0.15, 0.2) is 18.3 Å². The number of nitrogens with zero attached hydrogens (tertiary/aromatic N) is 1. The van der Waals surface area contributed by atoms with Crippen LogP contribution in [0.3, 0.4) is 0 Å². The molecule has 1 fully saturated rings. The Morgan fingerprint density at radius 1 is 1.38 bits per heavy atom. The summed E-state index contributed by atoms with van der Waals surface area (Å²) in [5, 5.41) is 2.51. The predicted octanol–water partition coefficient (Wildman–Crippen LogP) is 2.45. The van der Waals surface area contributed by atoms with Crippen LogP contribution in [-0.2, 0) is 11.0 Å². The molecule has 6 heteroatoms. The zero-order valence-corrected chi connectivity index (χ0v) is 8.21. The van der Waals surface area contributed by atoms with Gasteiger partial charge in [-0.2, -0.15) is 13.2 Å². The molecule has 0 atom stereocenters. The summed E-state index contributed by atoms with van der Waals surface area (Å²) in [6.45, 7) is 0. The molecule has 1 N–H and O–H groups in total. The average Bonchev–Trinajstić information content (AvgIpc) is 3.00. The van der Waals surface area contributed by atoms with Gasteiger partial charge in [-0.1, -0.05) is 0 Å². The maximum absolute atomic E-state index is 12.2. The molecule has 0 aromatic carbocycles. The fourth-order valence-corrected chi connectivity index (χ4v) is 1.23. The lowest BCUT2D eigenvalue weighted by molar-refractivity contribution is -0.141. The van der Waals surface area contributed by atoms with E-state index in [0.29, 0.717) is 5.69 Å². The summed E-state index contributed by atoms with van der Waals surface area (Å²) in [7, 11) is 0. The predicted molar refractivity (Wildman–Crippen MR) is 50.6 cm³/mol. The fraction of sp³-hybridized carbons (Fsp3) is 0.400. The first kappa shape index (κ1) is 10.9. The van der Waals surface area contributed by atoms with Crippen molar-refractivity contribution in [3.05, 3.63) is 24.0 Å². The number of halogens is 3. The molecule has 0 aliphatic heterocycles. The number of pyridine rings is 1. The highest BCUT2D eigenvalue weighted by molar-refractivity contribution is 5.93. The van der Waals surface area contributed by atoms with Crippen molar-refractivity contribution in [1.29, 1.82) is 0 Å². The number of rotatable bonds is 2. The molecule has 1 saturated carbocycles. The van der Waals surface area contributed by atoms with Gasteiger partial charge in [0.25, 0.3) is 0 Å². The number of aromatic nitrogens is 1. The first-order chi connectivity index (χ1) is 7.47. The zero-order chi connectivity index (χ0) is 11.8. The van der Waals surface area contributed by atoms with Gasteiger partial charge in [-0.25, -0.2) is 4.98 Å². The number of hydrogen-bond donors (Lipinski definition) is 1. The SMILES string of the molecule is O=C(Nc1ccc(C(F)(F)F)nc1)C1CC1. The number of alkyl halides is 3. The van der Waals surface area contributed by atoms with Crippen LogP contribution < -0.4 is 5.32 Å². The summed E-state index contributed by atoms with van der Waals surface area (Å²) in [6, 6.07) is 2.05. The van der Waals surface area contributed by atoms with E-state index in [2.05, 4.69) is 10.3 Å². The van der Waals surface area contributed by atoms with Gasteiger partial charge < -0.3 is 5.32 Å². The first-order valence-corrected chi connectivity index (χ1v) is 4.81. The van der Waals surface area contributed by atoms with E-state index >= 15 is 0 Å². The molecule has 0 bridgehead atoms. The molecule has 0 spiro atoms. The van der Waals surface area contributed by atoms with Gasteiger partial charge in [-0.15, -0.1) is 0 Å². The average molecular weight is 230 g/mol. The van der Waals surface area contributed by atoms with E-state index < -0.39 is 11.9 Å². The summed E-state index contributed by atoms with van der Waals surface area (Å²) >= 11 is 0. The van der Waals surface area contributed by atoms with Gasteiger partial charge >= 0.3 is 6.18 Å². The van der Waals surface area contributed by atoms with Crippen LogP contribution in [0, 0.1) is 5.92 Å². The molecule has 0 radical (unpaired) electrons. The van der Waals surface area contributed by atoms with E-state index in [0.717, 1.165) is 25.1 Å². The largest absolute Gasteiger partial charge is 0.433 e. The summed E-state index contributed by atoms with van der Waals surface area (Å²) in [5.41, 5.74) is -0.665.